The molecule has 1 aliphatic carbocycles. The highest BCUT2D eigenvalue weighted by Gasteiger charge is 2.27. The van der Waals surface area contributed by atoms with Crippen molar-refractivity contribution >= 4 is 27.5 Å². The van der Waals surface area contributed by atoms with Crippen LogP contribution in [0.2, 0.25) is 0 Å². The molecule has 0 unspecified atom stereocenters. The third kappa shape index (κ3) is 4.58. The van der Waals surface area contributed by atoms with Gasteiger partial charge in [-0.15, -0.1) is 0 Å². The zero-order valence-electron chi connectivity index (χ0n) is 16.4. The first kappa shape index (κ1) is 20.2. The van der Waals surface area contributed by atoms with Crippen LogP contribution in [0.15, 0.2) is 113 Å². The van der Waals surface area contributed by atoms with Crippen molar-refractivity contribution in [3.8, 4) is 0 Å². The van der Waals surface area contributed by atoms with Gasteiger partial charge in [0, 0.05) is 34.4 Å². The van der Waals surface area contributed by atoms with Crippen molar-refractivity contribution in [3.05, 3.63) is 129 Å². The van der Waals surface area contributed by atoms with E-state index >= 15 is 0 Å². The van der Waals surface area contributed by atoms with Crippen molar-refractivity contribution < 1.29 is 9.59 Å². The van der Waals surface area contributed by atoms with Crippen LogP contribution in [0.5, 0.6) is 0 Å². The number of carbonyl (C=O) groups is 2. The van der Waals surface area contributed by atoms with Crippen molar-refractivity contribution in [3.63, 3.8) is 0 Å². The lowest BCUT2D eigenvalue weighted by atomic mass is 9.79. The Labute approximate surface area is 185 Å². The van der Waals surface area contributed by atoms with E-state index < -0.39 is 0 Å². The van der Waals surface area contributed by atoms with Crippen LogP contribution in [0.4, 0.5) is 0 Å². The summed E-state index contributed by atoms with van der Waals surface area (Å²) in [7, 11) is 0. The third-order valence-corrected chi connectivity index (χ3v) is 5.87. The fourth-order valence-corrected chi connectivity index (χ4v) is 4.10. The smallest absolute Gasteiger partial charge is 0.166 e. The van der Waals surface area contributed by atoms with Crippen LogP contribution in [-0.4, -0.2) is 11.6 Å². The maximum Gasteiger partial charge on any atom is 0.166 e. The molecular weight excluding hydrogens is 436 g/mol. The van der Waals surface area contributed by atoms with Gasteiger partial charge in [-0.25, -0.2) is 0 Å². The van der Waals surface area contributed by atoms with Crippen LogP contribution in [0.1, 0.15) is 40.2 Å². The van der Waals surface area contributed by atoms with Crippen LogP contribution in [0.25, 0.3) is 0 Å². The van der Waals surface area contributed by atoms with Gasteiger partial charge in [0.25, 0.3) is 0 Å². The summed E-state index contributed by atoms with van der Waals surface area (Å²) >= 11 is 3.38. The SMILES string of the molecule is O=C1CC(CC(=O)c2ccc(Br)cc2)=CC=C1C(c1ccccc1)c1ccccc1. The maximum absolute atomic E-state index is 13.1. The van der Waals surface area contributed by atoms with Gasteiger partial charge in [0.05, 0.1) is 0 Å². The van der Waals surface area contributed by atoms with Gasteiger partial charge in [-0.1, -0.05) is 106 Å². The monoisotopic (exact) mass is 456 g/mol. The molecule has 1 aliphatic rings. The molecule has 0 saturated heterocycles. The second-order valence-corrected chi connectivity index (χ2v) is 8.32. The molecule has 30 heavy (non-hydrogen) atoms. The van der Waals surface area contributed by atoms with Gasteiger partial charge in [-0.2, -0.15) is 0 Å². The number of hydrogen-bond donors (Lipinski definition) is 0. The molecule has 0 atom stereocenters. The van der Waals surface area contributed by atoms with E-state index in [1.54, 1.807) is 12.1 Å². The Bertz CT molecular complexity index is 1070. The lowest BCUT2D eigenvalue weighted by Gasteiger charge is -2.23. The molecule has 2 nitrogen and oxygen atoms in total. The van der Waals surface area contributed by atoms with E-state index in [4.69, 9.17) is 0 Å². The minimum atomic E-state index is -0.111. The predicted octanol–water partition coefficient (Wildman–Crippen LogP) is 6.68. The molecule has 0 aromatic heterocycles. The second kappa shape index (κ2) is 9.19. The Morgan fingerprint density at radius 2 is 1.37 bits per heavy atom. The van der Waals surface area contributed by atoms with Gasteiger partial charge in [-0.05, 0) is 23.3 Å². The van der Waals surface area contributed by atoms with Crippen molar-refractivity contribution in [2.45, 2.75) is 18.8 Å². The molecule has 0 spiro atoms. The van der Waals surface area contributed by atoms with Crippen LogP contribution in [0, 0.1) is 0 Å². The third-order valence-electron chi connectivity index (χ3n) is 5.34. The topological polar surface area (TPSA) is 34.1 Å². The van der Waals surface area contributed by atoms with Gasteiger partial charge in [0.2, 0.25) is 0 Å². The second-order valence-electron chi connectivity index (χ2n) is 7.41. The molecule has 0 N–H and O–H groups in total. The number of hydrogen-bond acceptors (Lipinski definition) is 2. The quantitative estimate of drug-likeness (QED) is 0.387. The summed E-state index contributed by atoms with van der Waals surface area (Å²) < 4.78 is 0.937. The van der Waals surface area contributed by atoms with E-state index in [0.29, 0.717) is 5.56 Å². The summed E-state index contributed by atoms with van der Waals surface area (Å²) in [5.41, 5.74) is 4.47. The molecule has 4 rings (SSSR count). The molecule has 3 aromatic carbocycles. The maximum atomic E-state index is 13.1. The average molecular weight is 457 g/mol. The fraction of sp³-hybridized carbons (Fsp3) is 0.111. The predicted molar refractivity (Wildman–Crippen MR) is 124 cm³/mol. The summed E-state index contributed by atoms with van der Waals surface area (Å²) in [4.78, 5) is 25.7. The lowest BCUT2D eigenvalue weighted by Crippen LogP contribution is -2.17. The van der Waals surface area contributed by atoms with Crippen molar-refractivity contribution in [1.29, 1.82) is 0 Å². The number of benzene rings is 3. The molecule has 0 radical (unpaired) electrons. The van der Waals surface area contributed by atoms with Gasteiger partial charge >= 0.3 is 0 Å². The molecule has 148 valence electrons. The van der Waals surface area contributed by atoms with Gasteiger partial charge < -0.3 is 0 Å². The van der Waals surface area contributed by atoms with Crippen LogP contribution in [-0.2, 0) is 4.79 Å². The normalized spacial score (nSPS) is 13.7. The first-order valence-electron chi connectivity index (χ1n) is 9.93. The largest absolute Gasteiger partial charge is 0.294 e. The number of halogens is 1. The summed E-state index contributed by atoms with van der Waals surface area (Å²) in [5, 5.41) is 0. The molecular formula is C27H21BrO2. The van der Waals surface area contributed by atoms with Crippen LogP contribution in [0.3, 0.4) is 0 Å². The van der Waals surface area contributed by atoms with E-state index in [1.165, 1.54) is 0 Å². The van der Waals surface area contributed by atoms with Crippen molar-refractivity contribution in [1.82, 2.24) is 0 Å². The highest BCUT2D eigenvalue weighted by molar-refractivity contribution is 9.10. The van der Waals surface area contributed by atoms with E-state index in [0.717, 1.165) is 26.7 Å². The van der Waals surface area contributed by atoms with Crippen LogP contribution < -0.4 is 0 Å². The van der Waals surface area contributed by atoms with Gasteiger partial charge in [0.15, 0.2) is 11.6 Å². The minimum absolute atomic E-state index is 0.0288. The number of ketones is 2. The fourth-order valence-electron chi connectivity index (χ4n) is 3.83. The van der Waals surface area contributed by atoms with E-state index in [1.807, 2.05) is 60.7 Å². The Hall–Kier alpha value is -3.04. The lowest BCUT2D eigenvalue weighted by molar-refractivity contribution is -0.115. The molecule has 0 saturated carbocycles. The first-order chi connectivity index (χ1) is 14.6. The van der Waals surface area contributed by atoms with Crippen molar-refractivity contribution in [2.75, 3.05) is 0 Å². The standard InChI is InChI=1S/C27H21BrO2/c28-23-14-12-20(13-15-23)25(29)17-19-11-16-24(26(30)18-19)27(21-7-3-1-4-8-21)22-9-5-2-6-10-22/h1-16,27H,17-18H2. The first-order valence-corrected chi connectivity index (χ1v) is 10.7. The van der Waals surface area contributed by atoms with E-state index in [2.05, 4.69) is 40.2 Å². The van der Waals surface area contributed by atoms with Gasteiger partial charge in [-0.3, -0.25) is 9.59 Å². The van der Waals surface area contributed by atoms with Crippen molar-refractivity contribution in [2.24, 2.45) is 0 Å². The molecule has 0 aliphatic heterocycles. The van der Waals surface area contributed by atoms with E-state index in [9.17, 15) is 9.59 Å². The zero-order chi connectivity index (χ0) is 20.9. The average Bonchev–Trinajstić information content (AvgIpc) is 2.77. The molecule has 3 aromatic rings. The highest BCUT2D eigenvalue weighted by atomic mass is 79.9. The zero-order valence-corrected chi connectivity index (χ0v) is 18.0. The Morgan fingerprint density at radius 3 is 1.90 bits per heavy atom. The molecule has 0 fully saturated rings. The number of Topliss-reactive ketones (excluding diaryl/α,β-unsaturated/α-hetero) is 2. The Kier molecular flexibility index (Phi) is 6.20. The Morgan fingerprint density at radius 1 is 0.800 bits per heavy atom. The molecule has 0 bridgehead atoms. The summed E-state index contributed by atoms with van der Waals surface area (Å²) in [5.74, 6) is -0.00486. The molecule has 0 heterocycles. The molecule has 3 heteroatoms. The minimum Gasteiger partial charge on any atom is -0.294 e. The summed E-state index contributed by atoms with van der Waals surface area (Å²) in [6.07, 6.45) is 4.40. The summed E-state index contributed by atoms with van der Waals surface area (Å²) in [6, 6.07) is 27.5. The number of rotatable bonds is 6. The van der Waals surface area contributed by atoms with E-state index in [-0.39, 0.29) is 30.3 Å². The van der Waals surface area contributed by atoms with Crippen LogP contribution >= 0.6 is 15.9 Å². The Balaban J connectivity index is 1.62. The number of allylic oxidation sites excluding steroid dienone is 4. The molecule has 0 amide bonds. The summed E-state index contributed by atoms with van der Waals surface area (Å²) in [6.45, 7) is 0. The van der Waals surface area contributed by atoms with Gasteiger partial charge in [0.1, 0.15) is 0 Å². The number of carbonyl (C=O) groups excluding carboxylic acids is 2. The highest BCUT2D eigenvalue weighted by Crippen LogP contribution is 2.35.